The first-order valence-corrected chi connectivity index (χ1v) is 7.60. The summed E-state index contributed by atoms with van der Waals surface area (Å²) in [5.74, 6) is -2.10. The first kappa shape index (κ1) is 16.2. The summed E-state index contributed by atoms with van der Waals surface area (Å²) in [5.41, 5.74) is 0.582. The van der Waals surface area contributed by atoms with Crippen LogP contribution in [-0.2, 0) is 0 Å². The molecule has 1 heterocycles. The molecule has 0 atom stereocenters. The smallest absolute Gasteiger partial charge is 0.258 e. The van der Waals surface area contributed by atoms with E-state index in [1.807, 2.05) is 0 Å². The normalized spacial score (nSPS) is 10.6. The zero-order chi connectivity index (χ0) is 17.3. The maximum absolute atomic E-state index is 12.1. The lowest BCUT2D eigenvalue weighted by Gasteiger charge is -2.04. The number of halogens is 2. The fourth-order valence-corrected chi connectivity index (χ4v) is 2.72. The van der Waals surface area contributed by atoms with Crippen molar-refractivity contribution in [3.63, 3.8) is 0 Å². The van der Waals surface area contributed by atoms with Crippen molar-refractivity contribution in [1.29, 1.82) is 0 Å². The van der Waals surface area contributed by atoms with Crippen LogP contribution in [0.15, 0.2) is 52.9 Å². The summed E-state index contributed by atoms with van der Waals surface area (Å²) in [6.45, 7) is 0. The average Bonchev–Trinajstić information content (AvgIpc) is 2.84. The molecule has 3 N–H and O–H groups in total. The molecular weight excluding hydrogens is 353 g/mol. The van der Waals surface area contributed by atoms with Gasteiger partial charge in [-0.3, -0.25) is 10.1 Å². The first-order chi connectivity index (χ1) is 11.5. The monoisotopic (exact) mass is 363 g/mol. The van der Waals surface area contributed by atoms with Crippen LogP contribution >= 0.6 is 23.2 Å². The lowest BCUT2D eigenvalue weighted by molar-refractivity contribution is 0.102. The summed E-state index contributed by atoms with van der Waals surface area (Å²) in [4.78, 5) is 12.1. The van der Waals surface area contributed by atoms with E-state index in [0.29, 0.717) is 5.56 Å². The van der Waals surface area contributed by atoms with Crippen molar-refractivity contribution >= 4 is 35.0 Å². The lowest BCUT2D eigenvalue weighted by atomic mass is 10.1. The number of anilines is 1. The van der Waals surface area contributed by atoms with Gasteiger partial charge in [0.25, 0.3) is 5.91 Å². The summed E-state index contributed by atoms with van der Waals surface area (Å²) in [5, 5.41) is 23.0. The SMILES string of the molecule is O=C(Nc1oc(-c2c(Cl)cccc2Cl)c(O)c1O)c1ccccc1. The zero-order valence-corrected chi connectivity index (χ0v) is 13.6. The minimum atomic E-state index is -0.606. The Labute approximate surface area is 147 Å². The molecule has 24 heavy (non-hydrogen) atoms. The van der Waals surface area contributed by atoms with Crippen molar-refractivity contribution in [3.8, 4) is 22.8 Å². The molecule has 0 aliphatic heterocycles. The standard InChI is InChI=1S/C17H11Cl2NO4/c18-10-7-4-8-11(19)12(10)15-13(21)14(22)17(24-15)20-16(23)9-5-2-1-3-6-9/h1-8,21-22H,(H,20,23). The number of carbonyl (C=O) groups is 1. The molecule has 0 bridgehead atoms. The summed E-state index contributed by atoms with van der Waals surface area (Å²) < 4.78 is 5.38. The topological polar surface area (TPSA) is 82.7 Å². The second kappa shape index (κ2) is 6.47. The Morgan fingerprint density at radius 2 is 1.54 bits per heavy atom. The molecule has 0 saturated heterocycles. The number of hydrogen-bond acceptors (Lipinski definition) is 4. The van der Waals surface area contributed by atoms with Gasteiger partial charge >= 0.3 is 0 Å². The van der Waals surface area contributed by atoms with Gasteiger partial charge in [0, 0.05) is 5.56 Å². The fourth-order valence-electron chi connectivity index (χ4n) is 2.15. The van der Waals surface area contributed by atoms with Gasteiger partial charge in [-0.25, -0.2) is 0 Å². The lowest BCUT2D eigenvalue weighted by Crippen LogP contribution is -2.11. The summed E-state index contributed by atoms with van der Waals surface area (Å²) in [7, 11) is 0. The van der Waals surface area contributed by atoms with Gasteiger partial charge in [-0.1, -0.05) is 47.5 Å². The molecule has 1 aromatic heterocycles. The molecule has 0 aliphatic carbocycles. The predicted octanol–water partition coefficient (Wildman–Crippen LogP) is 4.92. The maximum atomic E-state index is 12.1. The fraction of sp³-hybridized carbons (Fsp3) is 0. The number of furan rings is 1. The van der Waals surface area contributed by atoms with Gasteiger partial charge in [0.05, 0.1) is 15.6 Å². The van der Waals surface area contributed by atoms with Crippen molar-refractivity contribution in [2.45, 2.75) is 0 Å². The molecule has 1 amide bonds. The molecule has 0 aliphatic rings. The Balaban J connectivity index is 1.99. The highest BCUT2D eigenvalue weighted by atomic mass is 35.5. The molecule has 0 fully saturated rings. The predicted molar refractivity (Wildman–Crippen MR) is 91.9 cm³/mol. The number of benzene rings is 2. The van der Waals surface area contributed by atoms with Crippen LogP contribution in [0.25, 0.3) is 11.3 Å². The van der Waals surface area contributed by atoms with E-state index >= 15 is 0 Å². The first-order valence-electron chi connectivity index (χ1n) is 6.84. The maximum Gasteiger partial charge on any atom is 0.258 e. The molecule has 0 spiro atoms. The van der Waals surface area contributed by atoms with Crippen LogP contribution in [0, 0.1) is 0 Å². The van der Waals surface area contributed by atoms with Crippen molar-refractivity contribution in [1.82, 2.24) is 0 Å². The molecule has 122 valence electrons. The molecule has 7 heteroatoms. The third kappa shape index (κ3) is 2.91. The molecule has 5 nitrogen and oxygen atoms in total. The number of nitrogens with one attached hydrogen (secondary N) is 1. The van der Waals surface area contributed by atoms with Crippen LogP contribution in [0.1, 0.15) is 10.4 Å². The second-order valence-electron chi connectivity index (χ2n) is 4.87. The summed E-state index contributed by atoms with van der Waals surface area (Å²) >= 11 is 12.1. The van der Waals surface area contributed by atoms with Gasteiger partial charge in [-0.2, -0.15) is 0 Å². The zero-order valence-electron chi connectivity index (χ0n) is 12.1. The van der Waals surface area contributed by atoms with E-state index in [1.165, 1.54) is 0 Å². The van der Waals surface area contributed by atoms with Gasteiger partial charge in [0.2, 0.25) is 17.4 Å². The number of amides is 1. The largest absolute Gasteiger partial charge is 0.502 e. The molecule has 3 rings (SSSR count). The van der Waals surface area contributed by atoms with E-state index in [-0.39, 0.29) is 27.3 Å². The van der Waals surface area contributed by atoms with Gasteiger partial charge in [-0.15, -0.1) is 0 Å². The number of rotatable bonds is 3. The number of aromatic hydroxyl groups is 2. The number of hydrogen-bond donors (Lipinski definition) is 3. The van der Waals surface area contributed by atoms with E-state index in [0.717, 1.165) is 0 Å². The van der Waals surface area contributed by atoms with Crippen molar-refractivity contribution < 1.29 is 19.4 Å². The Morgan fingerprint density at radius 1 is 0.917 bits per heavy atom. The van der Waals surface area contributed by atoms with Gasteiger partial charge in [0.1, 0.15) is 0 Å². The molecule has 0 radical (unpaired) electrons. The van der Waals surface area contributed by atoms with Gasteiger partial charge in [-0.05, 0) is 24.3 Å². The van der Waals surface area contributed by atoms with Crippen LogP contribution in [-0.4, -0.2) is 16.1 Å². The third-order valence-corrected chi connectivity index (χ3v) is 3.94. The molecule has 0 saturated carbocycles. The van der Waals surface area contributed by atoms with Gasteiger partial charge < -0.3 is 14.6 Å². The average molecular weight is 364 g/mol. The van der Waals surface area contributed by atoms with E-state index in [2.05, 4.69) is 5.32 Å². The minimum Gasteiger partial charge on any atom is -0.502 e. The Bertz CT molecular complexity index is 886. The quantitative estimate of drug-likeness (QED) is 0.616. The highest BCUT2D eigenvalue weighted by Gasteiger charge is 2.25. The van der Waals surface area contributed by atoms with Crippen LogP contribution in [0.2, 0.25) is 10.0 Å². The Hall–Kier alpha value is -2.63. The van der Waals surface area contributed by atoms with E-state index in [1.54, 1.807) is 48.5 Å². The van der Waals surface area contributed by atoms with E-state index in [9.17, 15) is 15.0 Å². The van der Waals surface area contributed by atoms with Crippen LogP contribution in [0.3, 0.4) is 0 Å². The molecule has 0 unspecified atom stereocenters. The van der Waals surface area contributed by atoms with Gasteiger partial charge in [0.15, 0.2) is 5.76 Å². The van der Waals surface area contributed by atoms with Crippen LogP contribution in [0.5, 0.6) is 11.5 Å². The van der Waals surface area contributed by atoms with Crippen LogP contribution in [0.4, 0.5) is 5.88 Å². The second-order valence-corrected chi connectivity index (χ2v) is 5.69. The molecule has 2 aromatic carbocycles. The Kier molecular flexibility index (Phi) is 4.38. The molecule has 3 aromatic rings. The van der Waals surface area contributed by atoms with Crippen molar-refractivity contribution in [3.05, 3.63) is 64.1 Å². The third-order valence-electron chi connectivity index (χ3n) is 3.31. The summed E-state index contributed by atoms with van der Waals surface area (Å²) in [6.07, 6.45) is 0. The van der Waals surface area contributed by atoms with Crippen molar-refractivity contribution in [2.75, 3.05) is 5.32 Å². The van der Waals surface area contributed by atoms with Crippen molar-refractivity contribution in [2.24, 2.45) is 0 Å². The highest BCUT2D eigenvalue weighted by Crippen LogP contribution is 2.48. The highest BCUT2D eigenvalue weighted by molar-refractivity contribution is 6.39. The number of carbonyl (C=O) groups excluding carboxylic acids is 1. The Morgan fingerprint density at radius 3 is 2.17 bits per heavy atom. The summed E-state index contributed by atoms with van der Waals surface area (Å²) in [6, 6.07) is 13.1. The van der Waals surface area contributed by atoms with Crippen LogP contribution < -0.4 is 5.32 Å². The minimum absolute atomic E-state index is 0.133. The van der Waals surface area contributed by atoms with E-state index < -0.39 is 17.4 Å². The molecular formula is C17H11Cl2NO4. The van der Waals surface area contributed by atoms with E-state index in [4.69, 9.17) is 27.6 Å².